The predicted octanol–water partition coefficient (Wildman–Crippen LogP) is 1.54. The van der Waals surface area contributed by atoms with Gasteiger partial charge in [-0.3, -0.25) is 4.99 Å². The first kappa shape index (κ1) is 23.4. The van der Waals surface area contributed by atoms with Gasteiger partial charge in [-0.05, 0) is 32.6 Å². The van der Waals surface area contributed by atoms with Gasteiger partial charge in [-0.2, -0.15) is 0 Å². The molecule has 2 rings (SSSR count). The number of amides is 1. The summed E-state index contributed by atoms with van der Waals surface area (Å²) in [6, 6.07) is 0.0223. The number of nitrogens with one attached hydrogen (secondary N) is 3. The first-order valence-corrected chi connectivity index (χ1v) is 9.50. The predicted molar refractivity (Wildman–Crippen MR) is 115 cm³/mol. The van der Waals surface area contributed by atoms with Gasteiger partial charge in [0.05, 0.1) is 19.2 Å². The molecule has 1 aromatic rings. The smallest absolute Gasteiger partial charge is 0.407 e. The zero-order valence-electron chi connectivity index (χ0n) is 16.4. The number of aryl methyl sites for hydroxylation is 1. The summed E-state index contributed by atoms with van der Waals surface area (Å²) in [7, 11) is 0. The van der Waals surface area contributed by atoms with Crippen LogP contribution in [0.25, 0.3) is 0 Å². The third-order valence-electron chi connectivity index (χ3n) is 4.22. The van der Waals surface area contributed by atoms with E-state index in [2.05, 4.69) is 38.1 Å². The highest BCUT2D eigenvalue weighted by Crippen LogP contribution is 2.32. The summed E-state index contributed by atoms with van der Waals surface area (Å²) in [6.45, 7) is 9.07. The Kier molecular flexibility index (Phi) is 11.1. The normalized spacial score (nSPS) is 14.9. The molecule has 1 unspecified atom stereocenters. The maximum atomic E-state index is 11.7. The molecule has 1 amide bonds. The van der Waals surface area contributed by atoms with E-state index in [1.807, 2.05) is 11.5 Å². The number of rotatable bonds is 10. The quantitative estimate of drug-likeness (QED) is 0.260. The molecule has 0 bridgehead atoms. The lowest BCUT2D eigenvalue weighted by Gasteiger charge is -2.17. The lowest BCUT2D eigenvalue weighted by atomic mass is 10.2. The minimum absolute atomic E-state index is 0. The standard InChI is InChI=1S/C17H31N7O2.HI/c1-4-15-23-21-12-24(15)10-9-19-16(18-5-2)20-11-14(13-7-8-13)22-17(25)26-6-3;/h12-14H,4-11H2,1-3H3,(H,22,25)(H2,18,19,20);1H. The molecule has 1 aliphatic carbocycles. The summed E-state index contributed by atoms with van der Waals surface area (Å²) in [6.07, 6.45) is 4.50. The van der Waals surface area contributed by atoms with Crippen LogP contribution in [-0.2, 0) is 17.7 Å². The average Bonchev–Trinajstić information content (AvgIpc) is 3.37. The maximum absolute atomic E-state index is 11.7. The lowest BCUT2D eigenvalue weighted by molar-refractivity contribution is 0.147. The van der Waals surface area contributed by atoms with Gasteiger partial charge in [0.15, 0.2) is 5.96 Å². The highest BCUT2D eigenvalue weighted by Gasteiger charge is 2.32. The Balaban J connectivity index is 0.00000364. The third kappa shape index (κ3) is 8.31. The van der Waals surface area contributed by atoms with Crippen molar-refractivity contribution in [3.05, 3.63) is 12.2 Å². The van der Waals surface area contributed by atoms with Crippen LogP contribution in [0.2, 0.25) is 0 Å². The molecular weight excluding hydrogens is 461 g/mol. The summed E-state index contributed by atoms with van der Waals surface area (Å²) < 4.78 is 7.02. The first-order chi connectivity index (χ1) is 12.7. The third-order valence-corrected chi connectivity index (χ3v) is 4.22. The summed E-state index contributed by atoms with van der Waals surface area (Å²) in [5.41, 5.74) is 0. The average molecular weight is 493 g/mol. The minimum Gasteiger partial charge on any atom is -0.450 e. The number of ether oxygens (including phenoxy) is 1. The summed E-state index contributed by atoms with van der Waals surface area (Å²) in [5, 5.41) is 17.5. The molecule has 27 heavy (non-hydrogen) atoms. The van der Waals surface area contributed by atoms with E-state index in [1.165, 1.54) is 0 Å². The van der Waals surface area contributed by atoms with Crippen molar-refractivity contribution in [2.24, 2.45) is 10.9 Å². The Morgan fingerprint density at radius 1 is 1.37 bits per heavy atom. The molecule has 1 atom stereocenters. The van der Waals surface area contributed by atoms with Crippen LogP contribution >= 0.6 is 24.0 Å². The van der Waals surface area contributed by atoms with E-state index in [4.69, 9.17) is 4.74 Å². The number of hydrogen-bond donors (Lipinski definition) is 3. The molecule has 154 valence electrons. The fourth-order valence-electron chi connectivity index (χ4n) is 2.70. The van der Waals surface area contributed by atoms with Crippen molar-refractivity contribution in [1.82, 2.24) is 30.7 Å². The van der Waals surface area contributed by atoms with Crippen molar-refractivity contribution in [2.45, 2.75) is 52.6 Å². The van der Waals surface area contributed by atoms with Crippen LogP contribution in [0.3, 0.4) is 0 Å². The fraction of sp³-hybridized carbons (Fsp3) is 0.765. The monoisotopic (exact) mass is 493 g/mol. The Morgan fingerprint density at radius 3 is 2.78 bits per heavy atom. The molecule has 10 heteroatoms. The molecule has 0 saturated heterocycles. The van der Waals surface area contributed by atoms with Crippen molar-refractivity contribution in [1.29, 1.82) is 0 Å². The molecule has 9 nitrogen and oxygen atoms in total. The number of halogens is 1. The van der Waals surface area contributed by atoms with Gasteiger partial charge in [-0.15, -0.1) is 34.2 Å². The van der Waals surface area contributed by atoms with Crippen LogP contribution in [-0.4, -0.2) is 59.1 Å². The number of aliphatic imine (C=N–C) groups is 1. The first-order valence-electron chi connectivity index (χ1n) is 9.50. The SMILES string of the molecule is CCNC(=NCC(NC(=O)OCC)C1CC1)NCCn1cnnc1CC.I. The number of hydrogen-bond acceptors (Lipinski definition) is 5. The molecule has 0 aromatic carbocycles. The van der Waals surface area contributed by atoms with Crippen molar-refractivity contribution < 1.29 is 9.53 Å². The van der Waals surface area contributed by atoms with E-state index in [0.717, 1.165) is 50.7 Å². The van der Waals surface area contributed by atoms with Gasteiger partial charge in [0.25, 0.3) is 0 Å². The molecule has 1 aromatic heterocycles. The second-order valence-corrected chi connectivity index (χ2v) is 6.25. The van der Waals surface area contributed by atoms with Gasteiger partial charge in [0.1, 0.15) is 12.2 Å². The van der Waals surface area contributed by atoms with E-state index in [9.17, 15) is 4.79 Å². The van der Waals surface area contributed by atoms with Crippen molar-refractivity contribution in [2.75, 3.05) is 26.2 Å². The van der Waals surface area contributed by atoms with Gasteiger partial charge in [0.2, 0.25) is 0 Å². The minimum atomic E-state index is -0.364. The van der Waals surface area contributed by atoms with E-state index >= 15 is 0 Å². The highest BCUT2D eigenvalue weighted by atomic mass is 127. The van der Waals surface area contributed by atoms with Gasteiger partial charge in [-0.25, -0.2) is 4.79 Å². The molecule has 0 radical (unpaired) electrons. The number of aromatic nitrogens is 3. The molecule has 1 heterocycles. The van der Waals surface area contributed by atoms with Crippen LogP contribution in [0.5, 0.6) is 0 Å². The van der Waals surface area contributed by atoms with Crippen LogP contribution in [0, 0.1) is 5.92 Å². The van der Waals surface area contributed by atoms with Gasteiger partial charge >= 0.3 is 6.09 Å². The van der Waals surface area contributed by atoms with Crippen molar-refractivity contribution in [3.8, 4) is 0 Å². The van der Waals surface area contributed by atoms with Crippen LogP contribution < -0.4 is 16.0 Å². The molecule has 0 aliphatic heterocycles. The topological polar surface area (TPSA) is 105 Å². The Morgan fingerprint density at radius 2 is 2.15 bits per heavy atom. The zero-order chi connectivity index (χ0) is 18.8. The number of nitrogens with zero attached hydrogens (tertiary/aromatic N) is 4. The molecule has 3 N–H and O–H groups in total. The van der Waals surface area contributed by atoms with E-state index in [1.54, 1.807) is 13.3 Å². The van der Waals surface area contributed by atoms with Crippen LogP contribution in [0.15, 0.2) is 11.3 Å². The van der Waals surface area contributed by atoms with Crippen molar-refractivity contribution >= 4 is 36.0 Å². The Bertz CT molecular complexity index is 590. The molecule has 1 aliphatic rings. The number of carbonyl (C=O) groups is 1. The number of alkyl carbamates (subject to hydrolysis) is 1. The van der Waals surface area contributed by atoms with Crippen LogP contribution in [0.1, 0.15) is 39.4 Å². The lowest BCUT2D eigenvalue weighted by Crippen LogP contribution is -2.42. The zero-order valence-corrected chi connectivity index (χ0v) is 18.7. The summed E-state index contributed by atoms with van der Waals surface area (Å²) >= 11 is 0. The second-order valence-electron chi connectivity index (χ2n) is 6.25. The van der Waals surface area contributed by atoms with E-state index in [0.29, 0.717) is 19.1 Å². The fourth-order valence-corrected chi connectivity index (χ4v) is 2.70. The molecule has 1 saturated carbocycles. The second kappa shape index (κ2) is 12.7. The number of guanidine groups is 1. The van der Waals surface area contributed by atoms with E-state index < -0.39 is 0 Å². The Hall–Kier alpha value is -1.59. The maximum Gasteiger partial charge on any atom is 0.407 e. The van der Waals surface area contributed by atoms with Gasteiger partial charge in [-0.1, -0.05) is 6.92 Å². The largest absolute Gasteiger partial charge is 0.450 e. The van der Waals surface area contributed by atoms with Crippen LogP contribution in [0.4, 0.5) is 4.79 Å². The molecule has 0 spiro atoms. The Labute approximate surface area is 178 Å². The summed E-state index contributed by atoms with van der Waals surface area (Å²) in [4.78, 5) is 16.3. The van der Waals surface area contributed by atoms with Gasteiger partial charge in [0, 0.05) is 26.1 Å². The number of carbonyl (C=O) groups excluding carboxylic acids is 1. The van der Waals surface area contributed by atoms with E-state index in [-0.39, 0.29) is 36.1 Å². The molecule has 1 fully saturated rings. The highest BCUT2D eigenvalue weighted by molar-refractivity contribution is 14.0. The van der Waals surface area contributed by atoms with Crippen molar-refractivity contribution in [3.63, 3.8) is 0 Å². The van der Waals surface area contributed by atoms with Gasteiger partial charge < -0.3 is 25.3 Å². The summed E-state index contributed by atoms with van der Waals surface area (Å²) in [5.74, 6) is 2.21. The molecular formula is C17H32IN7O2.